The summed E-state index contributed by atoms with van der Waals surface area (Å²) in [6, 6.07) is 17.2. The number of nitrogens with zero attached hydrogens (tertiary/aromatic N) is 2. The van der Waals surface area contributed by atoms with Crippen molar-refractivity contribution in [1.82, 2.24) is 9.80 Å². The van der Waals surface area contributed by atoms with E-state index < -0.39 is 0 Å². The van der Waals surface area contributed by atoms with Gasteiger partial charge in [-0.05, 0) is 31.0 Å². The van der Waals surface area contributed by atoms with E-state index in [0.29, 0.717) is 37.5 Å². The van der Waals surface area contributed by atoms with Gasteiger partial charge in [-0.2, -0.15) is 0 Å². The molecule has 2 aromatic carbocycles. The largest absolute Gasteiger partial charge is 0.489 e. The maximum Gasteiger partial charge on any atom is 0.290 e. The summed E-state index contributed by atoms with van der Waals surface area (Å²) in [6.45, 7) is 2.46. The van der Waals surface area contributed by atoms with Gasteiger partial charge >= 0.3 is 0 Å². The molecule has 160 valence electrons. The molecular formula is C25H26N2O4. The number of amides is 2. The van der Waals surface area contributed by atoms with Crippen molar-refractivity contribution < 1.29 is 18.7 Å². The van der Waals surface area contributed by atoms with Crippen molar-refractivity contribution in [3.05, 3.63) is 65.9 Å². The van der Waals surface area contributed by atoms with Crippen molar-refractivity contribution in [2.24, 2.45) is 5.92 Å². The van der Waals surface area contributed by atoms with E-state index in [1.807, 2.05) is 59.5 Å². The number of benzene rings is 2. The van der Waals surface area contributed by atoms with Gasteiger partial charge in [0.15, 0.2) is 5.76 Å². The molecule has 1 aliphatic carbocycles. The smallest absolute Gasteiger partial charge is 0.290 e. The quantitative estimate of drug-likeness (QED) is 0.626. The third-order valence-electron chi connectivity index (χ3n) is 6.35. The zero-order valence-electron chi connectivity index (χ0n) is 17.5. The van der Waals surface area contributed by atoms with E-state index in [-0.39, 0.29) is 24.3 Å². The van der Waals surface area contributed by atoms with Crippen LogP contribution in [0.5, 0.6) is 5.75 Å². The summed E-state index contributed by atoms with van der Waals surface area (Å²) in [7, 11) is 0. The van der Waals surface area contributed by atoms with Gasteiger partial charge in [0.25, 0.3) is 5.91 Å². The minimum absolute atomic E-state index is 0.140. The molecule has 1 saturated carbocycles. The molecule has 0 unspecified atom stereocenters. The van der Waals surface area contributed by atoms with Crippen LogP contribution >= 0.6 is 0 Å². The number of fused-ring (bicyclic) bond motifs is 1. The molecule has 2 fully saturated rings. The van der Waals surface area contributed by atoms with Crippen LogP contribution in [-0.2, 0) is 11.4 Å². The number of ether oxygens (including phenoxy) is 1. The second kappa shape index (κ2) is 8.46. The van der Waals surface area contributed by atoms with Crippen molar-refractivity contribution in [2.45, 2.75) is 25.9 Å². The molecule has 1 aliphatic heterocycles. The van der Waals surface area contributed by atoms with Crippen molar-refractivity contribution in [3.63, 3.8) is 0 Å². The summed E-state index contributed by atoms with van der Waals surface area (Å²) in [5.74, 6) is 1.38. The zero-order chi connectivity index (χ0) is 21.2. The molecule has 0 bridgehead atoms. The van der Waals surface area contributed by atoms with Crippen molar-refractivity contribution >= 4 is 22.8 Å². The number of piperazine rings is 1. The Morgan fingerprint density at radius 2 is 1.58 bits per heavy atom. The number of hydrogen-bond donors (Lipinski definition) is 0. The van der Waals surface area contributed by atoms with Crippen LogP contribution in [0.3, 0.4) is 0 Å². The predicted octanol–water partition coefficient (Wildman–Crippen LogP) is 4.10. The number of carbonyl (C=O) groups is 2. The molecule has 31 heavy (non-hydrogen) atoms. The van der Waals surface area contributed by atoms with Gasteiger partial charge in [-0.3, -0.25) is 9.59 Å². The molecule has 0 spiro atoms. The van der Waals surface area contributed by atoms with Crippen LogP contribution < -0.4 is 4.74 Å². The Kier molecular flexibility index (Phi) is 5.37. The lowest BCUT2D eigenvalue weighted by Crippen LogP contribution is -2.52. The number of para-hydroxylation sites is 2. The topological polar surface area (TPSA) is 63.0 Å². The van der Waals surface area contributed by atoms with Crippen LogP contribution in [-0.4, -0.2) is 47.8 Å². The third-order valence-corrected chi connectivity index (χ3v) is 6.35. The Labute approximate surface area is 181 Å². The first-order chi connectivity index (χ1) is 15.2. The van der Waals surface area contributed by atoms with Crippen LogP contribution in [0.15, 0.2) is 59.0 Å². The molecule has 1 aromatic heterocycles. The van der Waals surface area contributed by atoms with Gasteiger partial charge in [0.05, 0.1) is 0 Å². The van der Waals surface area contributed by atoms with E-state index in [0.717, 1.165) is 36.0 Å². The van der Waals surface area contributed by atoms with Crippen molar-refractivity contribution in [1.29, 1.82) is 0 Å². The Balaban J connectivity index is 1.33. The predicted molar refractivity (Wildman–Crippen MR) is 117 cm³/mol. The molecular weight excluding hydrogens is 392 g/mol. The molecule has 1 saturated heterocycles. The summed E-state index contributed by atoms with van der Waals surface area (Å²) in [4.78, 5) is 29.6. The SMILES string of the molecule is O=C(c1oc2ccccc2c1COc1ccccc1)N1CCN(C(=O)C2CCC2)CC1. The van der Waals surface area contributed by atoms with E-state index in [4.69, 9.17) is 9.15 Å². The highest BCUT2D eigenvalue weighted by Crippen LogP contribution is 2.30. The lowest BCUT2D eigenvalue weighted by atomic mass is 9.84. The monoisotopic (exact) mass is 418 g/mol. The summed E-state index contributed by atoms with van der Waals surface area (Å²) in [5, 5.41) is 0.889. The van der Waals surface area contributed by atoms with Gasteiger partial charge in [-0.15, -0.1) is 0 Å². The highest BCUT2D eigenvalue weighted by molar-refractivity contribution is 5.99. The van der Waals surface area contributed by atoms with Crippen LogP contribution in [0.25, 0.3) is 11.0 Å². The van der Waals surface area contributed by atoms with Crippen molar-refractivity contribution in [2.75, 3.05) is 26.2 Å². The first kappa shape index (κ1) is 19.7. The first-order valence-corrected chi connectivity index (χ1v) is 11.0. The third kappa shape index (κ3) is 3.90. The minimum Gasteiger partial charge on any atom is -0.489 e. The summed E-state index contributed by atoms with van der Waals surface area (Å²) in [5.41, 5.74) is 1.44. The van der Waals surface area contributed by atoms with Crippen LogP contribution in [0.4, 0.5) is 0 Å². The molecule has 0 radical (unpaired) electrons. The van der Waals surface area contributed by atoms with Gasteiger partial charge in [-0.1, -0.05) is 42.8 Å². The molecule has 0 N–H and O–H groups in total. The van der Waals surface area contributed by atoms with Gasteiger partial charge in [-0.25, -0.2) is 0 Å². The molecule has 3 aromatic rings. The van der Waals surface area contributed by atoms with E-state index in [1.165, 1.54) is 0 Å². The van der Waals surface area contributed by atoms with Gasteiger partial charge in [0.2, 0.25) is 5.91 Å². The highest BCUT2D eigenvalue weighted by atomic mass is 16.5. The maximum absolute atomic E-state index is 13.4. The summed E-state index contributed by atoms with van der Waals surface area (Å²) < 4.78 is 11.9. The molecule has 2 amide bonds. The summed E-state index contributed by atoms with van der Waals surface area (Å²) >= 11 is 0. The Bertz CT molecular complexity index is 1080. The van der Waals surface area contributed by atoms with Gasteiger partial charge in [0, 0.05) is 43.0 Å². The lowest BCUT2D eigenvalue weighted by Gasteiger charge is -2.38. The number of hydrogen-bond acceptors (Lipinski definition) is 4. The Morgan fingerprint density at radius 1 is 0.903 bits per heavy atom. The second-order valence-electron chi connectivity index (χ2n) is 8.25. The molecule has 5 rings (SSSR count). The fourth-order valence-electron chi connectivity index (χ4n) is 4.27. The number of carbonyl (C=O) groups excluding carboxylic acids is 2. The molecule has 6 nitrogen and oxygen atoms in total. The van der Waals surface area contributed by atoms with E-state index in [9.17, 15) is 9.59 Å². The molecule has 2 aliphatic rings. The first-order valence-electron chi connectivity index (χ1n) is 11.0. The fraction of sp³-hybridized carbons (Fsp3) is 0.360. The minimum atomic E-state index is -0.140. The molecule has 6 heteroatoms. The van der Waals surface area contributed by atoms with Gasteiger partial charge < -0.3 is 19.0 Å². The lowest BCUT2D eigenvalue weighted by molar-refractivity contribution is -0.139. The number of rotatable bonds is 5. The van der Waals surface area contributed by atoms with Crippen LogP contribution in [0.2, 0.25) is 0 Å². The Morgan fingerprint density at radius 3 is 2.29 bits per heavy atom. The van der Waals surface area contributed by atoms with Gasteiger partial charge in [0.1, 0.15) is 17.9 Å². The van der Waals surface area contributed by atoms with Crippen molar-refractivity contribution in [3.8, 4) is 5.75 Å². The average molecular weight is 418 g/mol. The fourth-order valence-corrected chi connectivity index (χ4v) is 4.27. The normalized spacial score (nSPS) is 16.9. The van der Waals surface area contributed by atoms with E-state index in [1.54, 1.807) is 4.90 Å². The van der Waals surface area contributed by atoms with Crippen LogP contribution in [0.1, 0.15) is 35.4 Å². The summed E-state index contributed by atoms with van der Waals surface area (Å²) in [6.07, 6.45) is 3.15. The van der Waals surface area contributed by atoms with E-state index in [2.05, 4.69) is 0 Å². The number of furan rings is 1. The Hall–Kier alpha value is -3.28. The maximum atomic E-state index is 13.4. The standard InChI is InChI=1S/C25H26N2O4/c28-24(18-7-6-8-18)26-13-15-27(16-14-26)25(29)23-21(17-30-19-9-2-1-3-10-19)20-11-4-5-12-22(20)31-23/h1-5,9-12,18H,6-8,13-17H2. The van der Waals surface area contributed by atoms with Crippen LogP contribution in [0, 0.1) is 5.92 Å². The zero-order valence-corrected chi connectivity index (χ0v) is 17.5. The molecule has 0 atom stereocenters. The highest BCUT2D eigenvalue weighted by Gasteiger charge is 2.33. The molecule has 2 heterocycles. The second-order valence-corrected chi connectivity index (χ2v) is 8.25. The van der Waals surface area contributed by atoms with E-state index >= 15 is 0 Å². The average Bonchev–Trinajstić information content (AvgIpc) is 3.15.